The van der Waals surface area contributed by atoms with Crippen LogP contribution in [0.2, 0.25) is 0 Å². The highest BCUT2D eigenvalue weighted by Gasteiger charge is 2.23. The van der Waals surface area contributed by atoms with Crippen LogP contribution in [0.4, 0.5) is 17.1 Å². The Hall–Kier alpha value is -7.36. The van der Waals surface area contributed by atoms with Crippen molar-refractivity contribution >= 4 is 71.7 Å². The molecular weight excluding hydrogens is 671 g/mol. The van der Waals surface area contributed by atoms with Gasteiger partial charge in [-0.2, -0.15) is 0 Å². The van der Waals surface area contributed by atoms with Gasteiger partial charge in [0.05, 0.1) is 11.1 Å². The van der Waals surface area contributed by atoms with Gasteiger partial charge in [-0.15, -0.1) is 0 Å². The van der Waals surface area contributed by atoms with Crippen molar-refractivity contribution in [2.75, 3.05) is 4.90 Å². The van der Waals surface area contributed by atoms with Gasteiger partial charge in [0.15, 0.2) is 0 Å². The lowest BCUT2D eigenvalue weighted by atomic mass is 9.89. The predicted octanol–water partition coefficient (Wildman–Crippen LogP) is 15.1. The number of hydrogen-bond acceptors (Lipinski definition) is 3. The third-order valence-corrected chi connectivity index (χ3v) is 10.9. The second-order valence-corrected chi connectivity index (χ2v) is 14.0. The molecule has 0 amide bonds. The number of fused-ring (bicyclic) bond motifs is 8. The molecule has 55 heavy (non-hydrogen) atoms. The van der Waals surface area contributed by atoms with Gasteiger partial charge >= 0.3 is 0 Å². The highest BCUT2D eigenvalue weighted by molar-refractivity contribution is 6.23. The SMILES string of the molecule is c1ccc(-c2ccc(N(c3ccccc3)c3cccc4oc5c6ccccc6c(-c6ccccc6-c6ccc7c(c6)oc6ccccc67)cc5c34)cc2)cc1. The van der Waals surface area contributed by atoms with Gasteiger partial charge in [-0.05, 0) is 99.4 Å². The fourth-order valence-corrected chi connectivity index (χ4v) is 8.34. The molecule has 0 saturated carbocycles. The summed E-state index contributed by atoms with van der Waals surface area (Å²) in [6.45, 7) is 0. The zero-order chi connectivity index (χ0) is 36.3. The van der Waals surface area contributed by atoms with E-state index in [9.17, 15) is 0 Å². The maximum absolute atomic E-state index is 6.85. The molecule has 0 spiro atoms. The van der Waals surface area contributed by atoms with Crippen LogP contribution in [0.15, 0.2) is 209 Å². The smallest absolute Gasteiger partial charge is 0.143 e. The first-order valence-corrected chi connectivity index (χ1v) is 18.7. The molecule has 0 aliphatic heterocycles. The molecule has 11 aromatic rings. The van der Waals surface area contributed by atoms with Crippen LogP contribution in [0.25, 0.3) is 88.0 Å². The largest absolute Gasteiger partial charge is 0.456 e. The first kappa shape index (κ1) is 31.2. The zero-order valence-corrected chi connectivity index (χ0v) is 29.8. The summed E-state index contributed by atoms with van der Waals surface area (Å²) in [5.74, 6) is 0. The second kappa shape index (κ2) is 12.6. The molecule has 0 fully saturated rings. The number of para-hydroxylation sites is 2. The maximum atomic E-state index is 6.85. The van der Waals surface area contributed by atoms with E-state index >= 15 is 0 Å². The molecule has 0 saturated heterocycles. The number of furan rings is 2. The summed E-state index contributed by atoms with van der Waals surface area (Å²) < 4.78 is 13.2. The highest BCUT2D eigenvalue weighted by atomic mass is 16.3. The quantitative estimate of drug-likeness (QED) is 0.173. The third kappa shape index (κ3) is 5.13. The lowest BCUT2D eigenvalue weighted by molar-refractivity contribution is 0.669. The topological polar surface area (TPSA) is 29.5 Å². The van der Waals surface area contributed by atoms with Gasteiger partial charge in [-0.25, -0.2) is 0 Å². The summed E-state index contributed by atoms with van der Waals surface area (Å²) in [4.78, 5) is 2.34. The number of rotatable bonds is 6. The van der Waals surface area contributed by atoms with Crippen molar-refractivity contribution in [3.05, 3.63) is 200 Å². The third-order valence-electron chi connectivity index (χ3n) is 10.9. The van der Waals surface area contributed by atoms with Gasteiger partial charge in [0.1, 0.15) is 22.3 Å². The summed E-state index contributed by atoms with van der Waals surface area (Å²) in [5, 5.41) is 6.62. The second-order valence-electron chi connectivity index (χ2n) is 14.0. The Morgan fingerprint density at radius 3 is 1.73 bits per heavy atom. The summed E-state index contributed by atoms with van der Waals surface area (Å²) in [5.41, 5.74) is 13.7. The maximum Gasteiger partial charge on any atom is 0.143 e. The highest BCUT2D eigenvalue weighted by Crippen LogP contribution is 2.47. The van der Waals surface area contributed by atoms with Crippen LogP contribution >= 0.6 is 0 Å². The Bertz CT molecular complexity index is 3190. The lowest BCUT2D eigenvalue weighted by Gasteiger charge is -2.26. The van der Waals surface area contributed by atoms with Crippen molar-refractivity contribution in [2.24, 2.45) is 0 Å². The van der Waals surface area contributed by atoms with E-state index in [2.05, 4.69) is 193 Å². The number of nitrogens with zero attached hydrogens (tertiary/aromatic N) is 1. The first-order valence-electron chi connectivity index (χ1n) is 18.7. The lowest BCUT2D eigenvalue weighted by Crippen LogP contribution is -2.10. The van der Waals surface area contributed by atoms with Gasteiger partial charge in [-0.3, -0.25) is 0 Å². The molecule has 258 valence electrons. The fourth-order valence-electron chi connectivity index (χ4n) is 8.34. The van der Waals surface area contributed by atoms with Crippen molar-refractivity contribution in [1.82, 2.24) is 0 Å². The van der Waals surface area contributed by atoms with Crippen molar-refractivity contribution in [1.29, 1.82) is 0 Å². The monoisotopic (exact) mass is 703 g/mol. The van der Waals surface area contributed by atoms with Crippen LogP contribution in [0, 0.1) is 0 Å². The van der Waals surface area contributed by atoms with Crippen molar-refractivity contribution < 1.29 is 8.83 Å². The average molecular weight is 704 g/mol. The Labute approximate surface area is 317 Å². The van der Waals surface area contributed by atoms with Crippen LogP contribution in [0.3, 0.4) is 0 Å². The van der Waals surface area contributed by atoms with Crippen molar-refractivity contribution in [3.8, 4) is 33.4 Å². The van der Waals surface area contributed by atoms with Gasteiger partial charge in [-0.1, -0.05) is 140 Å². The molecule has 9 aromatic carbocycles. The minimum absolute atomic E-state index is 0.847. The van der Waals surface area contributed by atoms with E-state index in [0.29, 0.717) is 0 Å². The van der Waals surface area contributed by atoms with E-state index < -0.39 is 0 Å². The van der Waals surface area contributed by atoms with Gasteiger partial charge in [0, 0.05) is 32.9 Å². The molecule has 0 N–H and O–H groups in total. The van der Waals surface area contributed by atoms with Gasteiger partial charge < -0.3 is 13.7 Å². The molecule has 0 unspecified atom stereocenters. The van der Waals surface area contributed by atoms with Crippen molar-refractivity contribution in [3.63, 3.8) is 0 Å². The van der Waals surface area contributed by atoms with Crippen LogP contribution < -0.4 is 4.90 Å². The van der Waals surface area contributed by atoms with E-state index in [-0.39, 0.29) is 0 Å². The summed E-state index contributed by atoms with van der Waals surface area (Å²) in [6, 6.07) is 70.9. The molecule has 0 aliphatic carbocycles. The van der Waals surface area contributed by atoms with E-state index in [4.69, 9.17) is 8.83 Å². The van der Waals surface area contributed by atoms with Crippen LogP contribution in [0.1, 0.15) is 0 Å². The molecule has 3 heteroatoms. The Morgan fingerprint density at radius 2 is 0.909 bits per heavy atom. The molecular formula is C52H33NO2. The van der Waals surface area contributed by atoms with E-state index in [0.717, 1.165) is 94.0 Å². The normalized spacial score (nSPS) is 11.6. The van der Waals surface area contributed by atoms with E-state index in [1.54, 1.807) is 0 Å². The predicted molar refractivity (Wildman–Crippen MR) is 229 cm³/mol. The average Bonchev–Trinajstić information content (AvgIpc) is 3.83. The number of anilines is 3. The summed E-state index contributed by atoms with van der Waals surface area (Å²) >= 11 is 0. The molecule has 0 atom stereocenters. The first-order chi connectivity index (χ1) is 27.3. The van der Waals surface area contributed by atoms with Crippen LogP contribution in [-0.2, 0) is 0 Å². The minimum atomic E-state index is 0.847. The van der Waals surface area contributed by atoms with Crippen molar-refractivity contribution in [2.45, 2.75) is 0 Å². The Morgan fingerprint density at radius 1 is 0.309 bits per heavy atom. The summed E-state index contributed by atoms with van der Waals surface area (Å²) in [6.07, 6.45) is 0. The van der Waals surface area contributed by atoms with E-state index in [1.165, 1.54) is 11.1 Å². The van der Waals surface area contributed by atoms with Crippen LogP contribution in [-0.4, -0.2) is 0 Å². The van der Waals surface area contributed by atoms with Crippen LogP contribution in [0.5, 0.6) is 0 Å². The molecule has 0 radical (unpaired) electrons. The molecule has 0 bridgehead atoms. The molecule has 0 aliphatic rings. The Balaban J connectivity index is 1.14. The molecule has 2 heterocycles. The minimum Gasteiger partial charge on any atom is -0.456 e. The number of benzene rings is 9. The fraction of sp³-hybridized carbons (Fsp3) is 0. The molecule has 3 nitrogen and oxygen atoms in total. The molecule has 2 aromatic heterocycles. The van der Waals surface area contributed by atoms with Gasteiger partial charge in [0.2, 0.25) is 0 Å². The zero-order valence-electron chi connectivity index (χ0n) is 29.8. The number of hydrogen-bond donors (Lipinski definition) is 0. The Kier molecular flexibility index (Phi) is 7.17. The van der Waals surface area contributed by atoms with E-state index in [1.807, 2.05) is 12.1 Å². The molecule has 11 rings (SSSR count). The standard InChI is InChI=1S/C52H33NO2/c1-3-14-34(15-4-1)35-26-29-38(30-27-35)53(37-16-5-2-6-17-37)47-23-13-25-49-51(47)46-33-45(41-20-9-10-22-44(41)52(46)55-49)40-19-8-7-18-39(40)36-28-31-43-42-21-11-12-24-48(42)54-50(43)32-36/h1-33H. The summed E-state index contributed by atoms with van der Waals surface area (Å²) in [7, 11) is 0. The van der Waals surface area contributed by atoms with Gasteiger partial charge in [0.25, 0.3) is 0 Å².